The Morgan fingerprint density at radius 1 is 1.16 bits per heavy atom. The molecule has 0 spiro atoms. The van der Waals surface area contributed by atoms with E-state index < -0.39 is 11.6 Å². The summed E-state index contributed by atoms with van der Waals surface area (Å²) in [7, 11) is 0. The molecule has 0 aliphatic carbocycles. The third kappa shape index (κ3) is 3.85. The minimum Gasteiger partial charge on any atom is -0.307 e. The Morgan fingerprint density at radius 2 is 1.95 bits per heavy atom. The number of benzene rings is 1. The normalized spacial score (nSPS) is 14.3. The summed E-state index contributed by atoms with van der Waals surface area (Å²) in [6.07, 6.45) is 0.928. The second-order valence-corrected chi connectivity index (χ2v) is 5.58. The van der Waals surface area contributed by atoms with Gasteiger partial charge in [0, 0.05) is 12.1 Å². The van der Waals surface area contributed by atoms with Crippen molar-refractivity contribution < 1.29 is 8.78 Å². The van der Waals surface area contributed by atoms with Crippen LogP contribution in [0.25, 0.3) is 0 Å². The molecule has 2 atom stereocenters. The van der Waals surface area contributed by atoms with Crippen LogP contribution in [0.1, 0.15) is 31.0 Å². The first-order chi connectivity index (χ1) is 9.06. The maximum atomic E-state index is 13.2. The summed E-state index contributed by atoms with van der Waals surface area (Å²) in [6.45, 7) is 4.05. The van der Waals surface area contributed by atoms with Crippen molar-refractivity contribution in [1.82, 2.24) is 5.32 Å². The maximum Gasteiger partial charge on any atom is 0.159 e. The third-order valence-electron chi connectivity index (χ3n) is 3.10. The van der Waals surface area contributed by atoms with Gasteiger partial charge in [-0.15, -0.1) is 0 Å². The molecule has 2 unspecified atom stereocenters. The van der Waals surface area contributed by atoms with Crippen molar-refractivity contribution in [3.05, 3.63) is 57.8 Å². The summed E-state index contributed by atoms with van der Waals surface area (Å²) < 4.78 is 26.1. The largest absolute Gasteiger partial charge is 0.307 e. The molecule has 0 amide bonds. The standard InChI is InChI=1S/C15H17F2NS/c1-10(7-12-5-6-19-9-12)18-11(2)13-3-4-14(16)15(17)8-13/h3-6,8-11,18H,7H2,1-2H3. The van der Waals surface area contributed by atoms with Gasteiger partial charge in [-0.1, -0.05) is 6.07 Å². The van der Waals surface area contributed by atoms with Crippen LogP contribution in [0.2, 0.25) is 0 Å². The first-order valence-electron chi connectivity index (χ1n) is 6.28. The Hall–Kier alpha value is -1.26. The summed E-state index contributed by atoms with van der Waals surface area (Å²) in [5.74, 6) is -1.60. The van der Waals surface area contributed by atoms with Gasteiger partial charge in [-0.25, -0.2) is 8.78 Å². The molecule has 1 aromatic heterocycles. The molecule has 1 heterocycles. The second kappa shape index (κ2) is 6.26. The van der Waals surface area contributed by atoms with Gasteiger partial charge >= 0.3 is 0 Å². The van der Waals surface area contributed by atoms with Crippen LogP contribution < -0.4 is 5.32 Å². The van der Waals surface area contributed by atoms with Crippen LogP contribution >= 0.6 is 11.3 Å². The van der Waals surface area contributed by atoms with Crippen LogP contribution in [0, 0.1) is 11.6 Å². The Kier molecular flexibility index (Phi) is 4.66. The predicted molar refractivity (Wildman–Crippen MR) is 75.4 cm³/mol. The molecule has 0 bridgehead atoms. The topological polar surface area (TPSA) is 12.0 Å². The van der Waals surface area contributed by atoms with Crippen molar-refractivity contribution >= 4 is 11.3 Å². The lowest BCUT2D eigenvalue weighted by Crippen LogP contribution is -2.30. The monoisotopic (exact) mass is 281 g/mol. The molecule has 4 heteroatoms. The first kappa shape index (κ1) is 14.2. The number of halogens is 2. The Morgan fingerprint density at radius 3 is 2.58 bits per heavy atom. The van der Waals surface area contributed by atoms with E-state index in [1.165, 1.54) is 17.7 Å². The number of thiophene rings is 1. The molecule has 1 aromatic carbocycles. The van der Waals surface area contributed by atoms with Crippen molar-refractivity contribution in [1.29, 1.82) is 0 Å². The molecule has 0 saturated heterocycles. The molecule has 1 nitrogen and oxygen atoms in total. The van der Waals surface area contributed by atoms with E-state index in [0.29, 0.717) is 0 Å². The van der Waals surface area contributed by atoms with Gasteiger partial charge in [0.1, 0.15) is 0 Å². The van der Waals surface area contributed by atoms with Crippen LogP contribution in [0.15, 0.2) is 35.0 Å². The molecule has 0 fully saturated rings. The predicted octanol–water partition coefficient (Wildman–Crippen LogP) is 4.31. The molecule has 0 aliphatic rings. The molecule has 0 saturated carbocycles. The van der Waals surface area contributed by atoms with Gasteiger partial charge in [-0.2, -0.15) is 11.3 Å². The molecular formula is C15H17F2NS. The lowest BCUT2D eigenvalue weighted by Gasteiger charge is -2.20. The molecule has 0 radical (unpaired) electrons. The average molecular weight is 281 g/mol. The van der Waals surface area contributed by atoms with Crippen LogP contribution in [0.5, 0.6) is 0 Å². The highest BCUT2D eigenvalue weighted by Crippen LogP contribution is 2.17. The molecule has 2 aromatic rings. The van der Waals surface area contributed by atoms with E-state index in [1.54, 1.807) is 17.4 Å². The van der Waals surface area contributed by atoms with Crippen molar-refractivity contribution in [2.75, 3.05) is 0 Å². The SMILES string of the molecule is CC(Cc1ccsc1)NC(C)c1ccc(F)c(F)c1. The summed E-state index contributed by atoms with van der Waals surface area (Å²) >= 11 is 1.68. The average Bonchev–Trinajstić information content (AvgIpc) is 2.85. The minimum absolute atomic E-state index is 0.0104. The van der Waals surface area contributed by atoms with E-state index in [1.807, 2.05) is 6.92 Å². The first-order valence-corrected chi connectivity index (χ1v) is 7.22. The number of rotatable bonds is 5. The van der Waals surface area contributed by atoms with E-state index in [0.717, 1.165) is 12.0 Å². The fraction of sp³-hybridized carbons (Fsp3) is 0.333. The van der Waals surface area contributed by atoms with Crippen molar-refractivity contribution in [3.8, 4) is 0 Å². The Labute approximate surface area is 116 Å². The van der Waals surface area contributed by atoms with E-state index in [4.69, 9.17) is 0 Å². The summed E-state index contributed by atoms with van der Waals surface area (Å²) in [4.78, 5) is 0. The highest BCUT2D eigenvalue weighted by Gasteiger charge is 2.12. The highest BCUT2D eigenvalue weighted by molar-refractivity contribution is 7.07. The van der Waals surface area contributed by atoms with E-state index in [2.05, 4.69) is 29.1 Å². The van der Waals surface area contributed by atoms with Crippen LogP contribution in [0.4, 0.5) is 8.78 Å². The van der Waals surface area contributed by atoms with Crippen LogP contribution in [0.3, 0.4) is 0 Å². The van der Waals surface area contributed by atoms with Gasteiger partial charge in [-0.05, 0) is 60.4 Å². The van der Waals surface area contributed by atoms with Crippen molar-refractivity contribution in [3.63, 3.8) is 0 Å². The molecule has 19 heavy (non-hydrogen) atoms. The zero-order valence-corrected chi connectivity index (χ0v) is 11.8. The van der Waals surface area contributed by atoms with Gasteiger partial charge in [0.05, 0.1) is 0 Å². The fourth-order valence-corrected chi connectivity index (χ4v) is 2.81. The van der Waals surface area contributed by atoms with Gasteiger partial charge in [0.25, 0.3) is 0 Å². The van der Waals surface area contributed by atoms with Gasteiger partial charge in [0.15, 0.2) is 11.6 Å². The number of hydrogen-bond donors (Lipinski definition) is 1. The smallest absolute Gasteiger partial charge is 0.159 e. The zero-order chi connectivity index (χ0) is 13.8. The fourth-order valence-electron chi connectivity index (χ4n) is 2.13. The van der Waals surface area contributed by atoms with Gasteiger partial charge in [0.2, 0.25) is 0 Å². The van der Waals surface area contributed by atoms with Crippen LogP contribution in [-0.4, -0.2) is 6.04 Å². The van der Waals surface area contributed by atoms with Crippen molar-refractivity contribution in [2.24, 2.45) is 0 Å². The van der Waals surface area contributed by atoms with Gasteiger partial charge < -0.3 is 5.32 Å². The summed E-state index contributed by atoms with van der Waals surface area (Å²) in [6, 6.07) is 6.41. The highest BCUT2D eigenvalue weighted by atomic mass is 32.1. The Balaban J connectivity index is 1.96. The van der Waals surface area contributed by atoms with E-state index >= 15 is 0 Å². The quantitative estimate of drug-likeness (QED) is 0.861. The molecule has 2 rings (SSSR count). The van der Waals surface area contributed by atoms with E-state index in [-0.39, 0.29) is 12.1 Å². The van der Waals surface area contributed by atoms with Gasteiger partial charge in [-0.3, -0.25) is 0 Å². The maximum absolute atomic E-state index is 13.2. The lowest BCUT2D eigenvalue weighted by molar-refractivity contribution is 0.468. The summed E-state index contributed by atoms with van der Waals surface area (Å²) in [5.41, 5.74) is 2.05. The van der Waals surface area contributed by atoms with Crippen molar-refractivity contribution in [2.45, 2.75) is 32.4 Å². The molecule has 102 valence electrons. The third-order valence-corrected chi connectivity index (χ3v) is 3.83. The zero-order valence-electron chi connectivity index (χ0n) is 11.0. The summed E-state index contributed by atoms with van der Waals surface area (Å²) in [5, 5.41) is 7.58. The number of nitrogens with one attached hydrogen (secondary N) is 1. The molecular weight excluding hydrogens is 264 g/mol. The number of hydrogen-bond acceptors (Lipinski definition) is 2. The molecule has 0 aliphatic heterocycles. The molecule has 1 N–H and O–H groups in total. The Bertz CT molecular complexity index is 525. The second-order valence-electron chi connectivity index (χ2n) is 4.80. The lowest BCUT2D eigenvalue weighted by atomic mass is 10.1. The van der Waals surface area contributed by atoms with E-state index in [9.17, 15) is 8.78 Å². The van der Waals surface area contributed by atoms with Crippen LogP contribution in [-0.2, 0) is 6.42 Å². The minimum atomic E-state index is -0.803.